The van der Waals surface area contributed by atoms with Crippen molar-refractivity contribution in [1.29, 1.82) is 0 Å². The molecule has 9 nitrogen and oxygen atoms in total. The van der Waals surface area contributed by atoms with E-state index in [2.05, 4.69) is 19.2 Å². The number of carboxylic acids is 1. The first-order valence-electron chi connectivity index (χ1n) is 18.7. The van der Waals surface area contributed by atoms with Gasteiger partial charge in [0.15, 0.2) is 0 Å². The van der Waals surface area contributed by atoms with Crippen LogP contribution in [0.3, 0.4) is 0 Å². The Morgan fingerprint density at radius 1 is 0.863 bits per heavy atom. The molecule has 0 unspecified atom stereocenters. The number of nitrogens with one attached hydrogen (secondary N) is 1. The summed E-state index contributed by atoms with van der Waals surface area (Å²) in [5.74, 6) is -5.30. The maximum Gasteiger partial charge on any atom is 0.339 e. The van der Waals surface area contributed by atoms with E-state index in [0.29, 0.717) is 56.4 Å². The zero-order valence-electron chi connectivity index (χ0n) is 32.2. The number of hydrogen-bond acceptors (Lipinski definition) is 7. The van der Waals surface area contributed by atoms with E-state index < -0.39 is 52.8 Å². The summed E-state index contributed by atoms with van der Waals surface area (Å²) in [5.41, 5.74) is -5.37. The second-order valence-electron chi connectivity index (χ2n) is 14.6. The fourth-order valence-corrected chi connectivity index (χ4v) is 6.44. The second kappa shape index (κ2) is 22.8. The molecule has 292 valence electrons. The van der Waals surface area contributed by atoms with Gasteiger partial charge >= 0.3 is 11.9 Å². The van der Waals surface area contributed by atoms with Crippen LogP contribution in [0.1, 0.15) is 130 Å². The van der Waals surface area contributed by atoms with E-state index in [9.17, 15) is 33.4 Å². The molecule has 1 amide bonds. The number of benzene rings is 1. The summed E-state index contributed by atoms with van der Waals surface area (Å²) in [6.45, 7) is 8.92. The van der Waals surface area contributed by atoms with Crippen LogP contribution in [0.2, 0.25) is 0 Å². The number of halogens is 2. The van der Waals surface area contributed by atoms with E-state index in [1.165, 1.54) is 20.3 Å². The highest BCUT2D eigenvalue weighted by atomic mass is 19.3. The number of esters is 1. The lowest BCUT2D eigenvalue weighted by Gasteiger charge is -2.49. The molecule has 0 spiro atoms. The van der Waals surface area contributed by atoms with Crippen LogP contribution in [0.15, 0.2) is 36.4 Å². The van der Waals surface area contributed by atoms with E-state index in [1.54, 1.807) is 51.1 Å². The molecule has 0 aliphatic carbocycles. The third-order valence-corrected chi connectivity index (χ3v) is 9.50. The number of aliphatic hydroxyl groups is 1. The van der Waals surface area contributed by atoms with Gasteiger partial charge in [-0.2, -0.15) is 0 Å². The van der Waals surface area contributed by atoms with Gasteiger partial charge < -0.3 is 29.7 Å². The van der Waals surface area contributed by atoms with Gasteiger partial charge in [0.1, 0.15) is 17.2 Å². The van der Waals surface area contributed by atoms with Gasteiger partial charge in [0.2, 0.25) is 17.4 Å². The molecule has 3 N–H and O–H groups in total. The van der Waals surface area contributed by atoms with Crippen LogP contribution in [0.25, 0.3) is 0 Å². The van der Waals surface area contributed by atoms with Crippen LogP contribution in [0, 0.1) is 10.8 Å². The Morgan fingerprint density at radius 2 is 1.43 bits per heavy atom. The number of rotatable bonds is 27. The normalized spacial score (nSPS) is 15.2. The zero-order chi connectivity index (χ0) is 38.6. The fraction of sp³-hybridized carbons (Fsp3) is 0.725. The highest BCUT2D eigenvalue weighted by Crippen LogP contribution is 2.49. The van der Waals surface area contributed by atoms with E-state index >= 15 is 0 Å². The topological polar surface area (TPSA) is 131 Å². The molecule has 0 bridgehead atoms. The van der Waals surface area contributed by atoms with Crippen LogP contribution in [0.5, 0.6) is 5.75 Å². The van der Waals surface area contributed by atoms with Gasteiger partial charge in [0.25, 0.3) is 0 Å². The maximum absolute atomic E-state index is 14.4. The first-order valence-corrected chi connectivity index (χ1v) is 18.7. The van der Waals surface area contributed by atoms with Crippen molar-refractivity contribution < 1.29 is 47.6 Å². The Balaban J connectivity index is 3.18. The minimum absolute atomic E-state index is 0.0330. The van der Waals surface area contributed by atoms with Gasteiger partial charge in [0, 0.05) is 26.4 Å². The number of methoxy groups -OCH3 is 2. The Labute approximate surface area is 304 Å². The number of hydrogen-bond donors (Lipinski definition) is 3. The third kappa shape index (κ3) is 14.5. The van der Waals surface area contributed by atoms with E-state index in [1.807, 2.05) is 0 Å². The number of amides is 1. The number of unbranched alkanes of at least 4 members (excludes halogenated alkanes) is 9. The molecule has 1 aromatic rings. The predicted octanol–water partition coefficient (Wildman–Crippen LogP) is 8.45. The number of carboxylic acid groups (broad SMARTS) is 1. The molecule has 1 rings (SSSR count). The number of aliphatic carboxylic acids is 1. The summed E-state index contributed by atoms with van der Waals surface area (Å²) in [5, 5.41) is 24.9. The maximum atomic E-state index is 14.4. The zero-order valence-corrected chi connectivity index (χ0v) is 32.2. The predicted molar refractivity (Wildman–Crippen MR) is 196 cm³/mol. The lowest BCUT2D eigenvalue weighted by Crippen LogP contribution is -2.68. The van der Waals surface area contributed by atoms with Crippen molar-refractivity contribution in [2.24, 2.45) is 10.8 Å². The summed E-state index contributed by atoms with van der Waals surface area (Å²) in [4.78, 5) is 40.2. The first-order chi connectivity index (χ1) is 24.0. The van der Waals surface area contributed by atoms with Gasteiger partial charge in [0.05, 0.1) is 20.3 Å². The number of carbonyl (C=O) groups is 3. The van der Waals surface area contributed by atoms with Gasteiger partial charge in [-0.05, 0) is 55.2 Å². The first kappa shape index (κ1) is 46.0. The molecule has 0 heterocycles. The lowest BCUT2D eigenvalue weighted by atomic mass is 9.56. The van der Waals surface area contributed by atoms with Gasteiger partial charge in [-0.1, -0.05) is 104 Å². The Morgan fingerprint density at radius 3 is 1.94 bits per heavy atom. The van der Waals surface area contributed by atoms with Crippen molar-refractivity contribution in [2.75, 3.05) is 27.4 Å². The van der Waals surface area contributed by atoms with Crippen LogP contribution in [-0.4, -0.2) is 73.1 Å². The van der Waals surface area contributed by atoms with Crippen molar-refractivity contribution in [3.05, 3.63) is 42.0 Å². The van der Waals surface area contributed by atoms with Gasteiger partial charge in [-0.25, -0.2) is 18.4 Å². The molecule has 1 aromatic carbocycles. The highest BCUT2D eigenvalue weighted by Gasteiger charge is 2.65. The molecule has 11 heteroatoms. The quantitative estimate of drug-likeness (QED) is 0.0468. The van der Waals surface area contributed by atoms with E-state index in [-0.39, 0.29) is 19.3 Å². The summed E-state index contributed by atoms with van der Waals surface area (Å²) >= 11 is 0. The van der Waals surface area contributed by atoms with Crippen LogP contribution >= 0.6 is 0 Å². The minimum atomic E-state index is -2.74. The number of ether oxygens (including phenoxy) is 3. The van der Waals surface area contributed by atoms with E-state index in [0.717, 1.165) is 38.5 Å². The van der Waals surface area contributed by atoms with Gasteiger partial charge in [-0.3, -0.25) is 4.79 Å². The molecule has 0 saturated carbocycles. The molecule has 3 atom stereocenters. The molecule has 0 aliphatic heterocycles. The van der Waals surface area contributed by atoms with Crippen LogP contribution in [-0.2, 0) is 30.3 Å². The molecule has 51 heavy (non-hydrogen) atoms. The molecule has 0 aromatic heterocycles. The highest BCUT2D eigenvalue weighted by molar-refractivity contribution is 5.97. The monoisotopic (exact) mass is 725 g/mol. The molecule has 0 radical (unpaired) electrons. The van der Waals surface area contributed by atoms with Crippen molar-refractivity contribution in [3.63, 3.8) is 0 Å². The second-order valence-corrected chi connectivity index (χ2v) is 14.6. The van der Waals surface area contributed by atoms with Crippen molar-refractivity contribution in [1.82, 2.24) is 5.32 Å². The summed E-state index contributed by atoms with van der Waals surface area (Å²) in [7, 11) is 2.42. The smallest absolute Gasteiger partial charge is 0.339 e. The summed E-state index contributed by atoms with van der Waals surface area (Å²) < 4.78 is 44.5. The van der Waals surface area contributed by atoms with Crippen LogP contribution < -0.4 is 10.1 Å². The van der Waals surface area contributed by atoms with Crippen molar-refractivity contribution in [2.45, 2.75) is 148 Å². The average Bonchev–Trinajstić information content (AvgIpc) is 3.07. The van der Waals surface area contributed by atoms with Crippen molar-refractivity contribution >= 4 is 17.8 Å². The number of carbonyl (C=O) groups excluding carboxylic acids is 2. The number of alkyl halides is 2. The molecular formula is C40H65F2NO8. The van der Waals surface area contributed by atoms with Crippen molar-refractivity contribution in [3.8, 4) is 5.75 Å². The minimum Gasteiger partial charge on any atom is -0.494 e. The van der Waals surface area contributed by atoms with Gasteiger partial charge in [-0.15, -0.1) is 0 Å². The molecular weight excluding hydrogens is 660 g/mol. The number of allylic oxidation sites excluding steroid dienone is 1. The SMILES string of the molecule is CCCCCCCC(F)(F)CCCCCCC=C[C@](C(=O)N[C@@H](Cc1ccc(OCCCC)cc1)C(=O)OC)(C(C)(C)C)[C@@](O)(COC)C(=O)O. The summed E-state index contributed by atoms with van der Waals surface area (Å²) in [6, 6.07) is 5.88. The average molecular weight is 726 g/mol. The Hall–Kier alpha value is -3.05. The largest absolute Gasteiger partial charge is 0.494 e. The Kier molecular flexibility index (Phi) is 20.5. The third-order valence-electron chi connectivity index (χ3n) is 9.50. The Bertz CT molecular complexity index is 1200. The fourth-order valence-electron chi connectivity index (χ4n) is 6.44. The molecule has 0 saturated heterocycles. The van der Waals surface area contributed by atoms with Crippen LogP contribution in [0.4, 0.5) is 8.78 Å². The molecule has 0 aliphatic rings. The summed E-state index contributed by atoms with van der Waals surface area (Å²) in [6.07, 6.45) is 12.0. The standard InChI is InChI=1S/C40H65F2NO8/c1-8-10-12-15-18-25-38(41,42)26-19-16-13-14-17-20-27-39(37(3,4)5,40(48,30-49-6)36(46)47)35(45)43-33(34(44)50-7)29-31-21-23-32(24-22-31)51-28-11-9-2/h20-24,27,33,48H,8-19,25-26,28-30H2,1-7H3,(H,43,45)(H,46,47)/t33-,39-,40+/m0/s1. The van der Waals surface area contributed by atoms with E-state index in [4.69, 9.17) is 14.2 Å². The lowest BCUT2D eigenvalue weighted by molar-refractivity contribution is -0.196. The molecule has 0 fully saturated rings.